The topological polar surface area (TPSA) is 68.3 Å². The van der Waals surface area contributed by atoms with E-state index in [4.69, 9.17) is 9.47 Å². The fraction of sp³-hybridized carbons (Fsp3) is 0.231. The van der Waals surface area contributed by atoms with Crippen LogP contribution in [0.3, 0.4) is 0 Å². The number of methoxy groups -OCH3 is 2. The van der Waals surface area contributed by atoms with E-state index in [9.17, 15) is 0 Å². The molecule has 0 amide bonds. The summed E-state index contributed by atoms with van der Waals surface area (Å²) in [5, 5.41) is 6.06. The zero-order valence-electron chi connectivity index (χ0n) is 11.1. The van der Waals surface area contributed by atoms with Crippen molar-refractivity contribution in [1.29, 1.82) is 0 Å². The van der Waals surface area contributed by atoms with Gasteiger partial charge >= 0.3 is 0 Å². The summed E-state index contributed by atoms with van der Waals surface area (Å²) in [7, 11) is 5.00. The molecule has 0 unspecified atom stereocenters. The highest BCUT2D eigenvalue weighted by Crippen LogP contribution is 2.27. The SMILES string of the molecule is CNc1nccc(Nc2cc(OC)cc(OC)c2)n1. The van der Waals surface area contributed by atoms with Gasteiger partial charge in [0.15, 0.2) is 0 Å². The number of nitrogens with zero attached hydrogens (tertiary/aromatic N) is 2. The van der Waals surface area contributed by atoms with Crippen LogP contribution >= 0.6 is 0 Å². The van der Waals surface area contributed by atoms with Gasteiger partial charge in [-0.25, -0.2) is 4.98 Å². The van der Waals surface area contributed by atoms with Crippen molar-refractivity contribution in [2.75, 3.05) is 31.9 Å². The minimum atomic E-state index is 0.555. The molecule has 1 heterocycles. The van der Waals surface area contributed by atoms with Gasteiger partial charge in [0.25, 0.3) is 0 Å². The van der Waals surface area contributed by atoms with Crippen molar-refractivity contribution in [3.8, 4) is 11.5 Å². The Bertz CT molecular complexity index is 538. The van der Waals surface area contributed by atoms with E-state index in [-0.39, 0.29) is 0 Å². The maximum Gasteiger partial charge on any atom is 0.224 e. The summed E-state index contributed by atoms with van der Waals surface area (Å²) in [5.74, 6) is 2.67. The van der Waals surface area contributed by atoms with E-state index >= 15 is 0 Å². The molecule has 0 aliphatic rings. The number of hydrogen-bond donors (Lipinski definition) is 2. The Kier molecular flexibility index (Phi) is 4.02. The molecule has 2 rings (SSSR count). The molecule has 2 aromatic rings. The van der Waals surface area contributed by atoms with Gasteiger partial charge in [0.05, 0.1) is 14.2 Å². The predicted molar refractivity (Wildman–Crippen MR) is 74.4 cm³/mol. The fourth-order valence-corrected chi connectivity index (χ4v) is 1.58. The average Bonchev–Trinajstić information content (AvgIpc) is 2.47. The third kappa shape index (κ3) is 3.25. The van der Waals surface area contributed by atoms with E-state index in [0.717, 1.165) is 5.69 Å². The molecule has 100 valence electrons. The van der Waals surface area contributed by atoms with E-state index < -0.39 is 0 Å². The third-order valence-corrected chi connectivity index (χ3v) is 2.50. The Morgan fingerprint density at radius 3 is 2.32 bits per heavy atom. The quantitative estimate of drug-likeness (QED) is 0.859. The Hall–Kier alpha value is -2.50. The highest BCUT2D eigenvalue weighted by atomic mass is 16.5. The highest BCUT2D eigenvalue weighted by Gasteiger charge is 2.03. The number of ether oxygens (including phenoxy) is 2. The lowest BCUT2D eigenvalue weighted by Gasteiger charge is -2.10. The minimum absolute atomic E-state index is 0.555. The average molecular weight is 260 g/mol. The largest absolute Gasteiger partial charge is 0.497 e. The molecule has 0 aliphatic carbocycles. The van der Waals surface area contributed by atoms with Crippen LogP contribution in [-0.2, 0) is 0 Å². The van der Waals surface area contributed by atoms with Crippen molar-refractivity contribution in [1.82, 2.24) is 9.97 Å². The van der Waals surface area contributed by atoms with Gasteiger partial charge in [0.2, 0.25) is 5.95 Å². The van der Waals surface area contributed by atoms with Crippen molar-refractivity contribution in [2.45, 2.75) is 0 Å². The minimum Gasteiger partial charge on any atom is -0.497 e. The van der Waals surface area contributed by atoms with Gasteiger partial charge in [-0.05, 0) is 6.07 Å². The lowest BCUT2D eigenvalue weighted by atomic mass is 10.2. The zero-order chi connectivity index (χ0) is 13.7. The van der Waals surface area contributed by atoms with E-state index in [1.54, 1.807) is 33.5 Å². The van der Waals surface area contributed by atoms with Crippen LogP contribution < -0.4 is 20.1 Å². The number of aromatic nitrogens is 2. The van der Waals surface area contributed by atoms with Crippen LogP contribution in [0, 0.1) is 0 Å². The van der Waals surface area contributed by atoms with Crippen molar-refractivity contribution < 1.29 is 9.47 Å². The zero-order valence-corrected chi connectivity index (χ0v) is 11.1. The molecule has 0 spiro atoms. The van der Waals surface area contributed by atoms with Crippen molar-refractivity contribution in [3.63, 3.8) is 0 Å². The van der Waals surface area contributed by atoms with Gasteiger partial charge < -0.3 is 20.1 Å². The van der Waals surface area contributed by atoms with Crippen molar-refractivity contribution in [2.24, 2.45) is 0 Å². The van der Waals surface area contributed by atoms with Crippen LogP contribution in [0.1, 0.15) is 0 Å². The maximum absolute atomic E-state index is 5.21. The Labute approximate surface area is 111 Å². The molecular weight excluding hydrogens is 244 g/mol. The molecule has 0 saturated heterocycles. The first-order chi connectivity index (χ1) is 9.25. The lowest BCUT2D eigenvalue weighted by Crippen LogP contribution is -2.00. The first-order valence-corrected chi connectivity index (χ1v) is 5.76. The van der Waals surface area contributed by atoms with Gasteiger partial charge in [-0.15, -0.1) is 0 Å². The van der Waals surface area contributed by atoms with Crippen LogP contribution in [0.25, 0.3) is 0 Å². The monoisotopic (exact) mass is 260 g/mol. The first kappa shape index (κ1) is 12.9. The molecule has 0 aliphatic heterocycles. The van der Waals surface area contributed by atoms with E-state index in [1.807, 2.05) is 18.2 Å². The summed E-state index contributed by atoms with van der Waals surface area (Å²) >= 11 is 0. The Morgan fingerprint density at radius 1 is 1.05 bits per heavy atom. The molecule has 0 saturated carbocycles. The van der Waals surface area contributed by atoms with Gasteiger partial charge in [0, 0.05) is 37.1 Å². The molecule has 6 heteroatoms. The van der Waals surface area contributed by atoms with Crippen molar-refractivity contribution in [3.05, 3.63) is 30.5 Å². The third-order valence-electron chi connectivity index (χ3n) is 2.50. The summed E-state index contributed by atoms with van der Waals surface area (Å²) in [4.78, 5) is 8.34. The van der Waals surface area contributed by atoms with Crippen LogP contribution in [0.2, 0.25) is 0 Å². The van der Waals surface area contributed by atoms with E-state index in [2.05, 4.69) is 20.6 Å². The van der Waals surface area contributed by atoms with Crippen molar-refractivity contribution >= 4 is 17.5 Å². The van der Waals surface area contributed by atoms with Gasteiger partial charge in [-0.3, -0.25) is 0 Å². The van der Waals surface area contributed by atoms with E-state index in [1.165, 1.54) is 0 Å². The standard InChI is InChI=1S/C13H16N4O2/c1-14-13-15-5-4-12(17-13)16-9-6-10(18-2)8-11(7-9)19-3/h4-8H,1-3H3,(H2,14,15,16,17). The smallest absolute Gasteiger partial charge is 0.224 e. The van der Waals surface area contributed by atoms with E-state index in [0.29, 0.717) is 23.3 Å². The number of nitrogens with one attached hydrogen (secondary N) is 2. The van der Waals surface area contributed by atoms with Crippen LogP contribution in [0.15, 0.2) is 30.5 Å². The summed E-state index contributed by atoms with van der Waals surface area (Å²) in [6.07, 6.45) is 1.68. The van der Waals surface area contributed by atoms with Crippen LogP contribution in [0.5, 0.6) is 11.5 Å². The molecular formula is C13H16N4O2. The Morgan fingerprint density at radius 2 is 1.74 bits per heavy atom. The molecule has 2 N–H and O–H groups in total. The number of benzene rings is 1. The maximum atomic E-state index is 5.21. The van der Waals surface area contributed by atoms with Gasteiger partial charge in [-0.1, -0.05) is 0 Å². The second-order valence-electron chi connectivity index (χ2n) is 3.74. The van der Waals surface area contributed by atoms with Gasteiger partial charge in [-0.2, -0.15) is 4.98 Å². The molecule has 6 nitrogen and oxygen atoms in total. The first-order valence-electron chi connectivity index (χ1n) is 5.76. The molecule has 19 heavy (non-hydrogen) atoms. The Balaban J connectivity index is 2.26. The summed E-state index contributed by atoms with van der Waals surface area (Å²) in [6.45, 7) is 0. The van der Waals surface area contributed by atoms with Crippen LogP contribution in [-0.4, -0.2) is 31.2 Å². The summed E-state index contributed by atoms with van der Waals surface area (Å²) in [6, 6.07) is 7.32. The van der Waals surface area contributed by atoms with Crippen LogP contribution in [0.4, 0.5) is 17.5 Å². The summed E-state index contributed by atoms with van der Waals surface area (Å²) < 4.78 is 10.4. The fourth-order valence-electron chi connectivity index (χ4n) is 1.58. The normalized spacial score (nSPS) is 9.84. The lowest BCUT2D eigenvalue weighted by molar-refractivity contribution is 0.395. The second kappa shape index (κ2) is 5.90. The molecule has 1 aromatic carbocycles. The number of rotatable bonds is 5. The molecule has 0 radical (unpaired) electrons. The highest BCUT2D eigenvalue weighted by molar-refractivity contribution is 5.61. The molecule has 0 atom stereocenters. The number of hydrogen-bond acceptors (Lipinski definition) is 6. The summed E-state index contributed by atoms with van der Waals surface area (Å²) in [5.41, 5.74) is 0.831. The predicted octanol–water partition coefficient (Wildman–Crippen LogP) is 2.28. The molecule has 0 fully saturated rings. The molecule has 1 aromatic heterocycles. The molecule has 0 bridgehead atoms. The van der Waals surface area contributed by atoms with Gasteiger partial charge in [0.1, 0.15) is 17.3 Å². The second-order valence-corrected chi connectivity index (χ2v) is 3.74. The number of anilines is 3.